The molecule has 0 aliphatic heterocycles. The minimum absolute atomic E-state index is 0.0109. The van der Waals surface area contributed by atoms with E-state index in [1.54, 1.807) is 62.6 Å². The topological polar surface area (TPSA) is 108 Å². The second-order valence-corrected chi connectivity index (χ2v) is 11.6. The van der Waals surface area contributed by atoms with Gasteiger partial charge in [-0.15, -0.1) is 0 Å². The first-order valence-corrected chi connectivity index (χ1v) is 13.6. The number of alkyl carbamates (subject to hydrolysis) is 1. The monoisotopic (exact) mass is 507 g/mol. The number of aromatic hydroxyl groups is 1. The third-order valence-corrected chi connectivity index (χ3v) is 6.44. The summed E-state index contributed by atoms with van der Waals surface area (Å²) < 4.78 is 5.41. The van der Waals surface area contributed by atoms with Crippen molar-refractivity contribution in [3.8, 4) is 5.75 Å². The molecule has 0 saturated heterocycles. The summed E-state index contributed by atoms with van der Waals surface area (Å²) in [6.07, 6.45) is 2.38. The van der Waals surface area contributed by atoms with Gasteiger partial charge in [-0.3, -0.25) is 9.59 Å². The maximum Gasteiger partial charge on any atom is 0.408 e. The number of benzene rings is 1. The molecule has 0 aromatic heterocycles. The number of nitrogens with zero attached hydrogens (tertiary/aromatic N) is 1. The van der Waals surface area contributed by atoms with Gasteiger partial charge in [0.1, 0.15) is 23.4 Å². The highest BCUT2D eigenvalue weighted by Crippen LogP contribution is 2.43. The molecule has 4 unspecified atom stereocenters. The molecule has 9 heteroatoms. The molecule has 0 heterocycles. The molecule has 4 atom stereocenters. The Morgan fingerprint density at radius 2 is 1.86 bits per heavy atom. The average Bonchev–Trinajstić information content (AvgIpc) is 3.45. The van der Waals surface area contributed by atoms with Crippen LogP contribution in [0.4, 0.5) is 4.79 Å². The van der Waals surface area contributed by atoms with E-state index in [0.29, 0.717) is 23.3 Å². The van der Waals surface area contributed by atoms with Crippen LogP contribution in [0.3, 0.4) is 0 Å². The zero-order valence-electron chi connectivity index (χ0n) is 22.2. The fourth-order valence-electron chi connectivity index (χ4n) is 3.98. The summed E-state index contributed by atoms with van der Waals surface area (Å²) in [4.78, 5) is 41.7. The van der Waals surface area contributed by atoms with Crippen LogP contribution in [0.25, 0.3) is 0 Å². The SMILES string of the molecule is CSCCC(NC(=O)OC(C)(C)C)C(=O)N(C(C(=O)NC(C)C)c1cccc(C)c1O)C1CC1C. The van der Waals surface area contributed by atoms with Crippen molar-refractivity contribution in [1.29, 1.82) is 0 Å². The first-order valence-electron chi connectivity index (χ1n) is 12.2. The minimum atomic E-state index is -1.03. The molecule has 2 rings (SSSR count). The number of phenolic OH excluding ortho intramolecular Hbond substituents is 1. The van der Waals surface area contributed by atoms with Crippen LogP contribution < -0.4 is 10.6 Å². The molecule has 35 heavy (non-hydrogen) atoms. The Morgan fingerprint density at radius 1 is 1.23 bits per heavy atom. The Labute approximate surface area is 213 Å². The highest BCUT2D eigenvalue weighted by molar-refractivity contribution is 7.98. The second-order valence-electron chi connectivity index (χ2n) is 10.6. The van der Waals surface area contributed by atoms with E-state index in [0.717, 1.165) is 6.42 Å². The van der Waals surface area contributed by atoms with Crippen LogP contribution in [-0.4, -0.2) is 63.6 Å². The highest BCUT2D eigenvalue weighted by atomic mass is 32.2. The number of nitrogens with one attached hydrogen (secondary N) is 2. The molecule has 0 spiro atoms. The normalized spacial score (nSPS) is 19.0. The van der Waals surface area contributed by atoms with Crippen LogP contribution in [0, 0.1) is 12.8 Å². The Bertz CT molecular complexity index is 915. The van der Waals surface area contributed by atoms with Gasteiger partial charge in [-0.2, -0.15) is 11.8 Å². The molecule has 1 aromatic carbocycles. The van der Waals surface area contributed by atoms with Crippen LogP contribution in [0.2, 0.25) is 0 Å². The number of carbonyl (C=O) groups is 3. The van der Waals surface area contributed by atoms with Crippen molar-refractivity contribution >= 4 is 29.7 Å². The standard InChI is InChI=1S/C26H41N3O5S/c1-15(2)27-23(31)21(18-11-9-10-16(3)22(18)30)29(20-14-17(20)4)24(32)19(12-13-35-8)28-25(33)34-26(5,6)7/h9-11,15,17,19-21,30H,12-14H2,1-8H3,(H,27,31)(H,28,33). The molecule has 1 saturated carbocycles. The van der Waals surface area contributed by atoms with Gasteiger partial charge in [0, 0.05) is 17.6 Å². The van der Waals surface area contributed by atoms with Crippen LogP contribution >= 0.6 is 11.8 Å². The highest BCUT2D eigenvalue weighted by Gasteiger charge is 2.48. The lowest BCUT2D eigenvalue weighted by atomic mass is 9.98. The van der Waals surface area contributed by atoms with Crippen LogP contribution in [0.5, 0.6) is 5.75 Å². The summed E-state index contributed by atoms with van der Waals surface area (Å²) in [5.74, 6) is 0.100. The van der Waals surface area contributed by atoms with E-state index < -0.39 is 23.8 Å². The number of carbonyl (C=O) groups excluding carboxylic acids is 3. The third-order valence-electron chi connectivity index (χ3n) is 5.80. The van der Waals surface area contributed by atoms with Crippen molar-refractivity contribution in [3.05, 3.63) is 29.3 Å². The number of hydrogen-bond donors (Lipinski definition) is 3. The van der Waals surface area contributed by atoms with E-state index in [9.17, 15) is 19.5 Å². The molecule has 3 N–H and O–H groups in total. The van der Waals surface area contributed by atoms with Crippen molar-refractivity contribution in [2.75, 3.05) is 12.0 Å². The minimum Gasteiger partial charge on any atom is -0.507 e. The van der Waals surface area contributed by atoms with Gasteiger partial charge in [0.2, 0.25) is 11.8 Å². The largest absolute Gasteiger partial charge is 0.507 e. The van der Waals surface area contributed by atoms with Gasteiger partial charge < -0.3 is 25.4 Å². The predicted molar refractivity (Wildman–Crippen MR) is 139 cm³/mol. The van der Waals surface area contributed by atoms with E-state index in [2.05, 4.69) is 10.6 Å². The number of rotatable bonds is 10. The molecule has 1 fully saturated rings. The zero-order chi connectivity index (χ0) is 26.5. The molecule has 1 aliphatic rings. The molecule has 1 aromatic rings. The molecule has 0 bridgehead atoms. The molecule has 8 nitrogen and oxygen atoms in total. The van der Waals surface area contributed by atoms with Crippen molar-refractivity contribution in [2.24, 2.45) is 5.92 Å². The summed E-state index contributed by atoms with van der Waals surface area (Å²) in [5, 5.41) is 16.5. The number of hydrogen-bond acceptors (Lipinski definition) is 6. The van der Waals surface area contributed by atoms with Gasteiger partial charge in [-0.25, -0.2) is 4.79 Å². The van der Waals surface area contributed by atoms with Crippen LogP contribution in [0.15, 0.2) is 18.2 Å². The van der Waals surface area contributed by atoms with Crippen molar-refractivity contribution in [1.82, 2.24) is 15.5 Å². The lowest BCUT2D eigenvalue weighted by molar-refractivity contribution is -0.143. The second kappa shape index (κ2) is 12.0. The van der Waals surface area contributed by atoms with Gasteiger partial charge in [0.05, 0.1) is 0 Å². The third kappa shape index (κ3) is 8.05. The molecule has 1 aliphatic carbocycles. The number of phenols is 1. The van der Waals surface area contributed by atoms with Gasteiger partial charge in [-0.1, -0.05) is 25.1 Å². The Morgan fingerprint density at radius 3 is 2.37 bits per heavy atom. The van der Waals surface area contributed by atoms with E-state index in [4.69, 9.17) is 4.74 Å². The van der Waals surface area contributed by atoms with Crippen LogP contribution in [0.1, 0.15) is 71.6 Å². The number of thioether (sulfide) groups is 1. The number of amides is 3. The van der Waals surface area contributed by atoms with Crippen LogP contribution in [-0.2, 0) is 14.3 Å². The average molecular weight is 508 g/mol. The van der Waals surface area contributed by atoms with Crippen molar-refractivity contribution in [2.45, 2.75) is 91.1 Å². The molecule has 196 valence electrons. The van der Waals surface area contributed by atoms with Gasteiger partial charge in [-0.05, 0) is 77.9 Å². The molecule has 0 radical (unpaired) electrons. The summed E-state index contributed by atoms with van der Waals surface area (Å²) in [7, 11) is 0. The van der Waals surface area contributed by atoms with E-state index in [1.807, 2.05) is 27.0 Å². The molecular weight excluding hydrogens is 466 g/mol. The summed E-state index contributed by atoms with van der Waals surface area (Å²) in [5.41, 5.74) is 0.276. The quantitative estimate of drug-likeness (QED) is 0.439. The first-order chi connectivity index (χ1) is 16.3. The number of para-hydroxylation sites is 1. The zero-order valence-corrected chi connectivity index (χ0v) is 23.0. The maximum absolute atomic E-state index is 14.1. The van der Waals surface area contributed by atoms with Gasteiger partial charge >= 0.3 is 6.09 Å². The van der Waals surface area contributed by atoms with Gasteiger partial charge in [0.15, 0.2) is 0 Å². The van der Waals surface area contributed by atoms with E-state index in [1.165, 1.54) is 0 Å². The maximum atomic E-state index is 14.1. The Balaban J connectivity index is 2.52. The Kier molecular flexibility index (Phi) is 9.89. The lowest BCUT2D eigenvalue weighted by Gasteiger charge is -2.35. The van der Waals surface area contributed by atoms with E-state index >= 15 is 0 Å². The summed E-state index contributed by atoms with van der Waals surface area (Å²) in [6, 6.07) is 2.97. The fraction of sp³-hybridized carbons (Fsp3) is 0.654. The summed E-state index contributed by atoms with van der Waals surface area (Å²) in [6.45, 7) is 12.8. The lowest BCUT2D eigenvalue weighted by Crippen LogP contribution is -2.54. The predicted octanol–water partition coefficient (Wildman–Crippen LogP) is 4.15. The smallest absolute Gasteiger partial charge is 0.408 e. The first kappa shape index (κ1) is 28.8. The molecular formula is C26H41N3O5S. The fourth-order valence-corrected chi connectivity index (χ4v) is 4.45. The van der Waals surface area contributed by atoms with Gasteiger partial charge in [0.25, 0.3) is 0 Å². The van der Waals surface area contributed by atoms with Crippen molar-refractivity contribution < 1.29 is 24.2 Å². The number of aryl methyl sites for hydroxylation is 1. The summed E-state index contributed by atoms with van der Waals surface area (Å²) >= 11 is 1.57. The Hall–Kier alpha value is -2.42. The van der Waals surface area contributed by atoms with Crippen molar-refractivity contribution in [3.63, 3.8) is 0 Å². The van der Waals surface area contributed by atoms with E-state index in [-0.39, 0.29) is 35.6 Å². The molecule has 3 amide bonds. The number of ether oxygens (including phenoxy) is 1.